The van der Waals surface area contributed by atoms with Gasteiger partial charge < -0.3 is 19.5 Å². The van der Waals surface area contributed by atoms with Gasteiger partial charge in [0.05, 0.1) is 20.3 Å². The lowest BCUT2D eigenvalue weighted by Crippen LogP contribution is -2.44. The average molecular weight is 388 g/mol. The second-order valence-corrected chi connectivity index (χ2v) is 7.10. The molecule has 2 aromatic rings. The molecule has 1 unspecified atom stereocenters. The van der Waals surface area contributed by atoms with E-state index in [-0.39, 0.29) is 5.82 Å². The van der Waals surface area contributed by atoms with Gasteiger partial charge in [0.2, 0.25) is 0 Å². The molecule has 1 aliphatic rings. The molecule has 0 bridgehead atoms. The summed E-state index contributed by atoms with van der Waals surface area (Å²) in [6, 6.07) is 12.6. The van der Waals surface area contributed by atoms with Gasteiger partial charge in [-0.25, -0.2) is 4.39 Å². The second kappa shape index (κ2) is 10.4. The summed E-state index contributed by atoms with van der Waals surface area (Å²) in [5.41, 5.74) is 2.05. The number of methoxy groups -OCH3 is 1. The second-order valence-electron chi connectivity index (χ2n) is 7.10. The Morgan fingerprint density at radius 2 is 1.79 bits per heavy atom. The highest BCUT2D eigenvalue weighted by Gasteiger charge is 2.14. The zero-order valence-corrected chi connectivity index (χ0v) is 16.6. The van der Waals surface area contributed by atoms with Crippen LogP contribution in [0.5, 0.6) is 11.5 Å². The molecule has 3 rings (SSSR count). The van der Waals surface area contributed by atoms with Crippen molar-refractivity contribution in [3.63, 3.8) is 0 Å². The van der Waals surface area contributed by atoms with Crippen LogP contribution in [0.3, 0.4) is 0 Å². The Morgan fingerprint density at radius 1 is 1.07 bits per heavy atom. The fourth-order valence-electron chi connectivity index (χ4n) is 3.21. The number of morpholine rings is 1. The largest absolute Gasteiger partial charge is 0.493 e. The van der Waals surface area contributed by atoms with E-state index in [2.05, 4.69) is 17.1 Å². The highest BCUT2D eigenvalue weighted by molar-refractivity contribution is 5.43. The van der Waals surface area contributed by atoms with E-state index < -0.39 is 0 Å². The summed E-state index contributed by atoms with van der Waals surface area (Å²) >= 11 is 0. The highest BCUT2D eigenvalue weighted by atomic mass is 19.1. The summed E-state index contributed by atoms with van der Waals surface area (Å²) in [5, 5.41) is 3.57. The first kappa shape index (κ1) is 20.6. The van der Waals surface area contributed by atoms with Crippen LogP contribution < -0.4 is 14.8 Å². The number of nitrogens with one attached hydrogen (secondary N) is 1. The number of hydrogen-bond donors (Lipinski definition) is 1. The molecule has 1 saturated heterocycles. The molecule has 152 valence electrons. The SMILES string of the molecule is COc1cc(CNC(C)CN2CCOCC2)ccc1OCc1ccc(F)cc1. The summed E-state index contributed by atoms with van der Waals surface area (Å²) < 4.78 is 29.7. The normalized spacial score (nSPS) is 16.0. The minimum Gasteiger partial charge on any atom is -0.493 e. The molecular formula is C22H29FN2O3. The number of benzene rings is 2. The van der Waals surface area contributed by atoms with Crippen LogP contribution in [0.1, 0.15) is 18.1 Å². The summed E-state index contributed by atoms with van der Waals surface area (Å²) in [6.45, 7) is 7.99. The van der Waals surface area contributed by atoms with Crippen molar-refractivity contribution in [3.8, 4) is 11.5 Å². The zero-order chi connectivity index (χ0) is 19.8. The quantitative estimate of drug-likeness (QED) is 0.715. The molecule has 6 heteroatoms. The topological polar surface area (TPSA) is 43.0 Å². The lowest BCUT2D eigenvalue weighted by molar-refractivity contribution is 0.0343. The third-order valence-electron chi connectivity index (χ3n) is 4.83. The number of nitrogens with zero attached hydrogens (tertiary/aromatic N) is 1. The van der Waals surface area contributed by atoms with Gasteiger partial charge in [0, 0.05) is 32.2 Å². The molecule has 0 spiro atoms. The monoisotopic (exact) mass is 388 g/mol. The van der Waals surface area contributed by atoms with E-state index in [0.29, 0.717) is 24.1 Å². The minimum absolute atomic E-state index is 0.249. The molecule has 5 nitrogen and oxygen atoms in total. The van der Waals surface area contributed by atoms with Crippen LogP contribution in [0.15, 0.2) is 42.5 Å². The Kier molecular flexibility index (Phi) is 7.65. The van der Waals surface area contributed by atoms with Gasteiger partial charge in [-0.1, -0.05) is 18.2 Å². The Morgan fingerprint density at radius 3 is 2.50 bits per heavy atom. The first-order chi connectivity index (χ1) is 13.6. The lowest BCUT2D eigenvalue weighted by atomic mass is 10.1. The molecule has 2 aromatic carbocycles. The molecule has 0 amide bonds. The Hall–Kier alpha value is -2.15. The summed E-state index contributed by atoms with van der Waals surface area (Å²) in [6.07, 6.45) is 0. The molecule has 28 heavy (non-hydrogen) atoms. The van der Waals surface area contributed by atoms with Crippen LogP contribution in [0, 0.1) is 5.82 Å². The van der Waals surface area contributed by atoms with Gasteiger partial charge in [0.1, 0.15) is 12.4 Å². The number of halogens is 1. The van der Waals surface area contributed by atoms with Crippen molar-refractivity contribution in [1.82, 2.24) is 10.2 Å². The molecule has 1 aliphatic heterocycles. The molecule has 0 aromatic heterocycles. The molecule has 0 radical (unpaired) electrons. The summed E-state index contributed by atoms with van der Waals surface area (Å²) in [7, 11) is 1.64. The molecule has 0 aliphatic carbocycles. The number of rotatable bonds is 9. The van der Waals surface area contributed by atoms with E-state index in [4.69, 9.17) is 14.2 Å². The predicted octanol–water partition coefficient (Wildman–Crippen LogP) is 3.22. The van der Waals surface area contributed by atoms with E-state index >= 15 is 0 Å². The van der Waals surface area contributed by atoms with E-state index in [1.54, 1.807) is 19.2 Å². The molecule has 1 heterocycles. The maximum atomic E-state index is 13.0. The summed E-state index contributed by atoms with van der Waals surface area (Å²) in [4.78, 5) is 2.42. The van der Waals surface area contributed by atoms with Crippen LogP contribution >= 0.6 is 0 Å². The molecular weight excluding hydrogens is 359 g/mol. The van der Waals surface area contributed by atoms with Gasteiger partial charge in [-0.15, -0.1) is 0 Å². The fourth-order valence-corrected chi connectivity index (χ4v) is 3.21. The van der Waals surface area contributed by atoms with E-state index in [1.165, 1.54) is 12.1 Å². The Balaban J connectivity index is 1.51. The third kappa shape index (κ3) is 6.19. The van der Waals surface area contributed by atoms with Crippen LogP contribution in [-0.2, 0) is 17.9 Å². The van der Waals surface area contributed by atoms with Crippen molar-refractivity contribution >= 4 is 0 Å². The van der Waals surface area contributed by atoms with Gasteiger partial charge in [0.25, 0.3) is 0 Å². The first-order valence-electron chi connectivity index (χ1n) is 9.71. The Bertz CT molecular complexity index is 733. The van der Waals surface area contributed by atoms with Gasteiger partial charge in [0.15, 0.2) is 11.5 Å². The van der Waals surface area contributed by atoms with E-state index in [1.807, 2.05) is 18.2 Å². The summed E-state index contributed by atoms with van der Waals surface area (Å²) in [5.74, 6) is 1.13. The maximum absolute atomic E-state index is 13.0. The fraction of sp³-hybridized carbons (Fsp3) is 0.455. The molecule has 1 atom stereocenters. The molecule has 0 saturated carbocycles. The van der Waals surface area contributed by atoms with Crippen molar-refractivity contribution in [2.24, 2.45) is 0 Å². The van der Waals surface area contributed by atoms with Gasteiger partial charge in [-0.3, -0.25) is 4.90 Å². The number of hydrogen-bond acceptors (Lipinski definition) is 5. The first-order valence-corrected chi connectivity index (χ1v) is 9.71. The predicted molar refractivity (Wildman–Crippen MR) is 107 cm³/mol. The standard InChI is InChI=1S/C22H29FN2O3/c1-17(15-25-9-11-27-12-10-25)24-14-19-5-8-21(22(13-19)26-2)28-16-18-3-6-20(23)7-4-18/h3-8,13,17,24H,9-12,14-16H2,1-2H3. The van der Waals surface area contributed by atoms with Crippen molar-refractivity contribution in [3.05, 3.63) is 59.4 Å². The zero-order valence-electron chi connectivity index (χ0n) is 16.6. The van der Waals surface area contributed by atoms with E-state index in [9.17, 15) is 4.39 Å². The van der Waals surface area contributed by atoms with Crippen molar-refractivity contribution in [2.45, 2.75) is 26.1 Å². The molecule has 1 N–H and O–H groups in total. The van der Waals surface area contributed by atoms with Crippen LogP contribution in [0.2, 0.25) is 0 Å². The third-order valence-corrected chi connectivity index (χ3v) is 4.83. The van der Waals surface area contributed by atoms with Crippen LogP contribution in [-0.4, -0.2) is 50.9 Å². The molecule has 1 fully saturated rings. The Labute approximate surface area is 166 Å². The lowest BCUT2D eigenvalue weighted by Gasteiger charge is -2.29. The average Bonchev–Trinajstić information content (AvgIpc) is 2.73. The minimum atomic E-state index is -0.249. The van der Waals surface area contributed by atoms with Gasteiger partial charge in [-0.2, -0.15) is 0 Å². The maximum Gasteiger partial charge on any atom is 0.161 e. The number of ether oxygens (including phenoxy) is 3. The van der Waals surface area contributed by atoms with E-state index in [0.717, 1.165) is 50.5 Å². The van der Waals surface area contributed by atoms with Crippen molar-refractivity contribution in [2.75, 3.05) is 40.0 Å². The van der Waals surface area contributed by atoms with Crippen LogP contribution in [0.25, 0.3) is 0 Å². The van der Waals surface area contributed by atoms with Gasteiger partial charge in [-0.05, 0) is 42.3 Å². The van der Waals surface area contributed by atoms with Crippen molar-refractivity contribution in [1.29, 1.82) is 0 Å². The van der Waals surface area contributed by atoms with Crippen LogP contribution in [0.4, 0.5) is 4.39 Å². The van der Waals surface area contributed by atoms with Gasteiger partial charge >= 0.3 is 0 Å². The van der Waals surface area contributed by atoms with Crippen molar-refractivity contribution < 1.29 is 18.6 Å². The highest BCUT2D eigenvalue weighted by Crippen LogP contribution is 2.29. The smallest absolute Gasteiger partial charge is 0.161 e.